The van der Waals surface area contributed by atoms with Gasteiger partial charge in [-0.1, -0.05) is 6.08 Å². The highest BCUT2D eigenvalue weighted by Crippen LogP contribution is 2.22. The maximum Gasteiger partial charge on any atom is 0.214 e. The number of nitrogens with zero attached hydrogens (tertiary/aromatic N) is 3. The maximum atomic E-state index is 4.32. The summed E-state index contributed by atoms with van der Waals surface area (Å²) in [5.41, 5.74) is 2.69. The van der Waals surface area contributed by atoms with Gasteiger partial charge in [0.15, 0.2) is 0 Å². The van der Waals surface area contributed by atoms with E-state index in [2.05, 4.69) is 33.2 Å². The lowest BCUT2D eigenvalue weighted by molar-refractivity contribution is 0.889. The Morgan fingerprint density at radius 1 is 1.46 bits per heavy atom. The summed E-state index contributed by atoms with van der Waals surface area (Å²) >= 11 is 0. The SMILES string of the molecule is Cn1c2c(n3ccnc13)CCC=C2. The smallest absolute Gasteiger partial charge is 0.214 e. The summed E-state index contributed by atoms with van der Waals surface area (Å²) in [6.07, 6.45) is 10.6. The molecule has 0 amide bonds. The van der Waals surface area contributed by atoms with E-state index >= 15 is 0 Å². The van der Waals surface area contributed by atoms with Gasteiger partial charge in [0.2, 0.25) is 5.78 Å². The van der Waals surface area contributed by atoms with Crippen LogP contribution in [0.2, 0.25) is 0 Å². The van der Waals surface area contributed by atoms with Crippen molar-refractivity contribution in [1.82, 2.24) is 14.0 Å². The molecule has 3 rings (SSSR count). The van der Waals surface area contributed by atoms with Crippen molar-refractivity contribution in [3.8, 4) is 0 Å². The van der Waals surface area contributed by atoms with Gasteiger partial charge in [0.25, 0.3) is 0 Å². The molecule has 2 aromatic heterocycles. The van der Waals surface area contributed by atoms with E-state index in [0.717, 1.165) is 18.6 Å². The molecule has 0 saturated carbocycles. The predicted octanol–water partition coefficient (Wildman–Crippen LogP) is 1.63. The fourth-order valence-corrected chi connectivity index (χ4v) is 2.05. The van der Waals surface area contributed by atoms with Crippen molar-refractivity contribution in [2.24, 2.45) is 7.05 Å². The number of imidazole rings is 2. The minimum atomic E-state index is 1.04. The predicted molar refractivity (Wildman–Crippen MR) is 51.5 cm³/mol. The number of hydrogen-bond acceptors (Lipinski definition) is 1. The lowest BCUT2D eigenvalue weighted by atomic mass is 10.1. The van der Waals surface area contributed by atoms with Crippen molar-refractivity contribution in [3.63, 3.8) is 0 Å². The van der Waals surface area contributed by atoms with Gasteiger partial charge in [0, 0.05) is 25.1 Å². The summed E-state index contributed by atoms with van der Waals surface area (Å²) in [6, 6.07) is 0. The van der Waals surface area contributed by atoms with E-state index in [1.807, 2.05) is 12.4 Å². The lowest BCUT2D eigenvalue weighted by Gasteiger charge is -2.05. The Labute approximate surface area is 76.3 Å². The van der Waals surface area contributed by atoms with Crippen LogP contribution in [0.4, 0.5) is 0 Å². The fraction of sp³-hybridized carbons (Fsp3) is 0.300. The first kappa shape index (κ1) is 6.95. The number of allylic oxidation sites excluding steroid dienone is 1. The fourth-order valence-electron chi connectivity index (χ4n) is 2.05. The number of hydrogen-bond donors (Lipinski definition) is 0. The molecule has 2 aromatic rings. The van der Waals surface area contributed by atoms with Crippen LogP contribution in [0.1, 0.15) is 17.8 Å². The molecule has 1 aliphatic carbocycles. The second-order valence-corrected chi connectivity index (χ2v) is 3.43. The van der Waals surface area contributed by atoms with Crippen LogP contribution in [0.25, 0.3) is 11.9 Å². The molecule has 0 spiro atoms. The van der Waals surface area contributed by atoms with Gasteiger partial charge >= 0.3 is 0 Å². The highest BCUT2D eigenvalue weighted by atomic mass is 15.2. The molecule has 0 unspecified atom stereocenters. The Morgan fingerprint density at radius 2 is 2.38 bits per heavy atom. The molecule has 66 valence electrons. The molecule has 3 nitrogen and oxygen atoms in total. The molecule has 3 heteroatoms. The van der Waals surface area contributed by atoms with E-state index in [1.165, 1.54) is 11.4 Å². The summed E-state index contributed by atoms with van der Waals surface area (Å²) in [5.74, 6) is 1.04. The van der Waals surface area contributed by atoms with E-state index in [4.69, 9.17) is 0 Å². The molecule has 13 heavy (non-hydrogen) atoms. The zero-order valence-electron chi connectivity index (χ0n) is 7.57. The average molecular weight is 173 g/mol. The van der Waals surface area contributed by atoms with E-state index in [0.29, 0.717) is 0 Å². The number of aryl methyl sites for hydroxylation is 2. The van der Waals surface area contributed by atoms with Crippen LogP contribution in [0.15, 0.2) is 18.5 Å². The van der Waals surface area contributed by atoms with Crippen LogP contribution < -0.4 is 0 Å². The third-order valence-corrected chi connectivity index (χ3v) is 2.69. The summed E-state index contributed by atoms with van der Waals surface area (Å²) in [5, 5.41) is 0. The molecular formula is C10H11N3. The second-order valence-electron chi connectivity index (χ2n) is 3.43. The maximum absolute atomic E-state index is 4.32. The van der Waals surface area contributed by atoms with Crippen LogP contribution in [0.5, 0.6) is 0 Å². The Bertz CT molecular complexity index is 487. The first-order chi connectivity index (χ1) is 6.38. The highest BCUT2D eigenvalue weighted by Gasteiger charge is 2.14. The van der Waals surface area contributed by atoms with Crippen LogP contribution in [0.3, 0.4) is 0 Å². The van der Waals surface area contributed by atoms with Crippen molar-refractivity contribution < 1.29 is 0 Å². The average Bonchev–Trinajstić information content (AvgIpc) is 2.72. The van der Waals surface area contributed by atoms with E-state index in [-0.39, 0.29) is 0 Å². The van der Waals surface area contributed by atoms with Gasteiger partial charge in [-0.15, -0.1) is 0 Å². The van der Waals surface area contributed by atoms with Gasteiger partial charge < -0.3 is 4.57 Å². The number of rotatable bonds is 0. The third-order valence-electron chi connectivity index (χ3n) is 2.69. The Morgan fingerprint density at radius 3 is 3.31 bits per heavy atom. The van der Waals surface area contributed by atoms with Gasteiger partial charge in [0.05, 0.1) is 5.69 Å². The van der Waals surface area contributed by atoms with Gasteiger partial charge in [0.1, 0.15) is 0 Å². The van der Waals surface area contributed by atoms with Crippen LogP contribution in [-0.4, -0.2) is 14.0 Å². The monoisotopic (exact) mass is 173 g/mol. The Kier molecular flexibility index (Phi) is 1.20. The van der Waals surface area contributed by atoms with Gasteiger partial charge in [-0.3, -0.25) is 4.40 Å². The largest absolute Gasteiger partial charge is 0.313 e. The molecule has 1 aliphatic rings. The van der Waals surface area contributed by atoms with Crippen molar-refractivity contribution >= 4 is 11.9 Å². The first-order valence-electron chi connectivity index (χ1n) is 4.55. The molecule has 0 bridgehead atoms. The van der Waals surface area contributed by atoms with Gasteiger partial charge in [-0.05, 0) is 18.9 Å². The third kappa shape index (κ3) is 0.763. The topological polar surface area (TPSA) is 22.2 Å². The van der Waals surface area contributed by atoms with Crippen molar-refractivity contribution in [1.29, 1.82) is 0 Å². The lowest BCUT2D eigenvalue weighted by Crippen LogP contribution is -1.98. The van der Waals surface area contributed by atoms with Crippen molar-refractivity contribution in [3.05, 3.63) is 29.9 Å². The molecule has 0 aliphatic heterocycles. The number of fused-ring (bicyclic) bond motifs is 3. The van der Waals surface area contributed by atoms with Crippen LogP contribution >= 0.6 is 0 Å². The quantitative estimate of drug-likeness (QED) is 0.593. The van der Waals surface area contributed by atoms with E-state index in [1.54, 1.807) is 0 Å². The molecule has 2 heterocycles. The Balaban J connectivity index is 2.48. The summed E-state index contributed by atoms with van der Waals surface area (Å²) in [7, 11) is 2.07. The first-order valence-corrected chi connectivity index (χ1v) is 4.55. The number of aromatic nitrogens is 3. The van der Waals surface area contributed by atoms with Gasteiger partial charge in [-0.2, -0.15) is 0 Å². The zero-order valence-corrected chi connectivity index (χ0v) is 7.57. The van der Waals surface area contributed by atoms with Crippen LogP contribution in [0, 0.1) is 0 Å². The molecule has 0 radical (unpaired) electrons. The standard InChI is InChI=1S/C10H11N3/c1-12-8-4-2-3-5-9(8)13-7-6-11-10(12)13/h2,4,6-7H,3,5H2,1H3. The van der Waals surface area contributed by atoms with Crippen LogP contribution in [-0.2, 0) is 13.5 Å². The highest BCUT2D eigenvalue weighted by molar-refractivity contribution is 5.56. The van der Waals surface area contributed by atoms with Crippen molar-refractivity contribution in [2.75, 3.05) is 0 Å². The Hall–Kier alpha value is -1.51. The minimum Gasteiger partial charge on any atom is -0.313 e. The van der Waals surface area contributed by atoms with E-state index in [9.17, 15) is 0 Å². The molecular weight excluding hydrogens is 162 g/mol. The molecule has 0 N–H and O–H groups in total. The zero-order chi connectivity index (χ0) is 8.84. The minimum absolute atomic E-state index is 1.04. The summed E-state index contributed by atoms with van der Waals surface area (Å²) < 4.78 is 4.32. The van der Waals surface area contributed by atoms with Crippen molar-refractivity contribution in [2.45, 2.75) is 12.8 Å². The van der Waals surface area contributed by atoms with E-state index < -0.39 is 0 Å². The normalized spacial score (nSPS) is 15.2. The molecule has 0 saturated heterocycles. The molecule has 0 fully saturated rings. The second kappa shape index (κ2) is 2.25. The summed E-state index contributed by atoms with van der Waals surface area (Å²) in [6.45, 7) is 0. The molecule has 0 atom stereocenters. The van der Waals surface area contributed by atoms with Gasteiger partial charge in [-0.25, -0.2) is 4.98 Å². The molecule has 0 aromatic carbocycles. The summed E-state index contributed by atoms with van der Waals surface area (Å²) in [4.78, 5) is 4.32.